The molecule has 2 amide bonds. The van der Waals surface area contributed by atoms with Crippen molar-refractivity contribution in [1.82, 2.24) is 10.2 Å². The maximum absolute atomic E-state index is 12.8. The third-order valence-electron chi connectivity index (χ3n) is 4.39. The Morgan fingerprint density at radius 2 is 2.00 bits per heavy atom. The van der Waals surface area contributed by atoms with E-state index in [1.165, 1.54) is 11.3 Å². The Labute approximate surface area is 170 Å². The molecule has 0 aliphatic rings. The minimum absolute atomic E-state index is 0.147. The SMILES string of the molecule is CCc1oc2ccccc2c1CN(C)C(=O)C(C)NC(=O)c1ccc(Br)s1. The molecule has 0 spiro atoms. The topological polar surface area (TPSA) is 62.6 Å². The molecule has 2 aromatic heterocycles. The fraction of sp³-hybridized carbons (Fsp3) is 0.300. The molecule has 0 aliphatic heterocycles. The van der Waals surface area contributed by atoms with Crippen LogP contribution in [0.5, 0.6) is 0 Å². The number of benzene rings is 1. The first kappa shape index (κ1) is 19.6. The summed E-state index contributed by atoms with van der Waals surface area (Å²) in [6.07, 6.45) is 0.756. The van der Waals surface area contributed by atoms with Gasteiger partial charge in [0.15, 0.2) is 0 Å². The van der Waals surface area contributed by atoms with E-state index in [0.29, 0.717) is 11.4 Å². The van der Waals surface area contributed by atoms with Crippen LogP contribution in [0.3, 0.4) is 0 Å². The van der Waals surface area contributed by atoms with E-state index >= 15 is 0 Å². The Balaban J connectivity index is 1.71. The number of amides is 2. The zero-order valence-electron chi connectivity index (χ0n) is 15.4. The fourth-order valence-corrected chi connectivity index (χ4v) is 4.31. The van der Waals surface area contributed by atoms with Crippen LogP contribution in [0.15, 0.2) is 44.6 Å². The predicted molar refractivity (Wildman–Crippen MR) is 111 cm³/mol. The molecule has 0 bridgehead atoms. The average Bonchev–Trinajstić information content (AvgIpc) is 3.24. The van der Waals surface area contributed by atoms with Gasteiger partial charge in [-0.15, -0.1) is 11.3 Å². The number of carbonyl (C=O) groups is 2. The molecule has 3 rings (SSSR count). The Morgan fingerprint density at radius 1 is 1.26 bits per heavy atom. The predicted octanol–water partition coefficient (Wildman–Crippen LogP) is 4.60. The van der Waals surface area contributed by atoms with Crippen molar-refractivity contribution in [2.45, 2.75) is 32.9 Å². The van der Waals surface area contributed by atoms with Gasteiger partial charge < -0.3 is 14.6 Å². The molecule has 2 heterocycles. The van der Waals surface area contributed by atoms with Crippen molar-refractivity contribution in [1.29, 1.82) is 0 Å². The molecule has 3 aromatic rings. The molecule has 0 aliphatic carbocycles. The van der Waals surface area contributed by atoms with Crippen molar-refractivity contribution in [2.75, 3.05) is 7.05 Å². The van der Waals surface area contributed by atoms with Crippen LogP contribution in [-0.2, 0) is 17.8 Å². The lowest BCUT2D eigenvalue weighted by atomic mass is 10.1. The second kappa shape index (κ2) is 8.27. The summed E-state index contributed by atoms with van der Waals surface area (Å²) in [6, 6.07) is 10.8. The normalized spacial score (nSPS) is 12.1. The number of hydrogen-bond acceptors (Lipinski definition) is 4. The summed E-state index contributed by atoms with van der Waals surface area (Å²) in [5, 5.41) is 3.79. The molecule has 1 atom stereocenters. The van der Waals surface area contributed by atoms with Crippen molar-refractivity contribution in [3.8, 4) is 0 Å². The van der Waals surface area contributed by atoms with Gasteiger partial charge >= 0.3 is 0 Å². The lowest BCUT2D eigenvalue weighted by Gasteiger charge is -2.22. The standard InChI is InChI=1S/C20H21BrN2O3S/c1-4-15-14(13-7-5-6-8-16(13)26-15)11-23(3)20(25)12(2)22-19(24)17-9-10-18(21)27-17/h5-10,12H,4,11H2,1-3H3,(H,22,24). The molecule has 0 saturated carbocycles. The number of halogens is 1. The van der Waals surface area contributed by atoms with Gasteiger partial charge in [-0.3, -0.25) is 9.59 Å². The Hall–Kier alpha value is -2.12. The van der Waals surface area contributed by atoms with Crippen molar-refractivity contribution >= 4 is 50.1 Å². The second-order valence-electron chi connectivity index (χ2n) is 6.35. The van der Waals surface area contributed by atoms with Crippen LogP contribution in [0.1, 0.15) is 34.8 Å². The van der Waals surface area contributed by atoms with Crippen LogP contribution < -0.4 is 5.32 Å². The number of hydrogen-bond donors (Lipinski definition) is 1. The van der Waals surface area contributed by atoms with E-state index in [0.717, 1.165) is 32.5 Å². The number of aryl methyl sites for hydroxylation is 1. The van der Waals surface area contributed by atoms with E-state index < -0.39 is 6.04 Å². The van der Waals surface area contributed by atoms with Crippen LogP contribution >= 0.6 is 27.3 Å². The summed E-state index contributed by atoms with van der Waals surface area (Å²) >= 11 is 4.68. The van der Waals surface area contributed by atoms with Crippen molar-refractivity contribution in [2.24, 2.45) is 0 Å². The molecule has 0 radical (unpaired) electrons. The number of likely N-dealkylation sites (N-methyl/N-ethyl adjacent to an activating group) is 1. The molecule has 27 heavy (non-hydrogen) atoms. The van der Waals surface area contributed by atoms with Gasteiger partial charge in [0.05, 0.1) is 8.66 Å². The molecule has 7 heteroatoms. The van der Waals surface area contributed by atoms with Crippen molar-refractivity contribution in [3.05, 3.63) is 56.4 Å². The summed E-state index contributed by atoms with van der Waals surface area (Å²) < 4.78 is 6.78. The highest BCUT2D eigenvalue weighted by atomic mass is 79.9. The molecule has 1 unspecified atom stereocenters. The Morgan fingerprint density at radius 3 is 2.67 bits per heavy atom. The molecule has 1 aromatic carbocycles. The smallest absolute Gasteiger partial charge is 0.262 e. The highest BCUT2D eigenvalue weighted by Crippen LogP contribution is 2.27. The number of nitrogens with one attached hydrogen (secondary N) is 1. The number of nitrogens with zero attached hydrogens (tertiary/aromatic N) is 1. The zero-order chi connectivity index (χ0) is 19.6. The lowest BCUT2D eigenvalue weighted by molar-refractivity contribution is -0.132. The first-order chi connectivity index (χ1) is 12.9. The summed E-state index contributed by atoms with van der Waals surface area (Å²) in [4.78, 5) is 27.2. The van der Waals surface area contributed by atoms with E-state index in [1.54, 1.807) is 24.9 Å². The minimum Gasteiger partial charge on any atom is -0.461 e. The average molecular weight is 449 g/mol. The third kappa shape index (κ3) is 4.25. The molecule has 0 fully saturated rings. The van der Waals surface area contributed by atoms with Gasteiger partial charge in [0.25, 0.3) is 5.91 Å². The lowest BCUT2D eigenvalue weighted by Crippen LogP contribution is -2.45. The largest absolute Gasteiger partial charge is 0.461 e. The molecular formula is C20H21BrN2O3S. The summed E-state index contributed by atoms with van der Waals surface area (Å²) in [5.74, 6) is 0.491. The van der Waals surface area contributed by atoms with Gasteiger partial charge in [0.1, 0.15) is 17.4 Å². The highest BCUT2D eigenvalue weighted by Gasteiger charge is 2.23. The van der Waals surface area contributed by atoms with Gasteiger partial charge in [-0.25, -0.2) is 0 Å². The molecular weight excluding hydrogens is 428 g/mol. The van der Waals surface area contributed by atoms with E-state index in [-0.39, 0.29) is 11.8 Å². The Bertz CT molecular complexity index is 979. The number of rotatable bonds is 6. The number of carbonyl (C=O) groups excluding carboxylic acids is 2. The summed E-state index contributed by atoms with van der Waals surface area (Å²) in [7, 11) is 1.74. The molecule has 5 nitrogen and oxygen atoms in total. The van der Waals surface area contributed by atoms with E-state index in [9.17, 15) is 9.59 Å². The molecule has 142 valence electrons. The molecule has 1 N–H and O–H groups in total. The van der Waals surface area contributed by atoms with E-state index in [2.05, 4.69) is 21.2 Å². The maximum Gasteiger partial charge on any atom is 0.262 e. The highest BCUT2D eigenvalue weighted by molar-refractivity contribution is 9.11. The van der Waals surface area contributed by atoms with Crippen LogP contribution in [0, 0.1) is 0 Å². The monoisotopic (exact) mass is 448 g/mol. The number of thiophene rings is 1. The van der Waals surface area contributed by atoms with E-state index in [4.69, 9.17) is 4.42 Å². The molecule has 0 saturated heterocycles. The summed E-state index contributed by atoms with van der Waals surface area (Å²) in [6.45, 7) is 4.17. The first-order valence-electron chi connectivity index (χ1n) is 8.71. The van der Waals surface area contributed by atoms with Gasteiger partial charge in [-0.05, 0) is 41.1 Å². The van der Waals surface area contributed by atoms with Gasteiger partial charge in [-0.2, -0.15) is 0 Å². The van der Waals surface area contributed by atoms with Crippen molar-refractivity contribution < 1.29 is 14.0 Å². The van der Waals surface area contributed by atoms with Crippen molar-refractivity contribution in [3.63, 3.8) is 0 Å². The van der Waals surface area contributed by atoms with Crippen LogP contribution in [0.25, 0.3) is 11.0 Å². The first-order valence-corrected chi connectivity index (χ1v) is 10.3. The maximum atomic E-state index is 12.8. The van der Waals surface area contributed by atoms with Gasteiger partial charge in [0.2, 0.25) is 5.91 Å². The number of furan rings is 1. The van der Waals surface area contributed by atoms with Crippen LogP contribution in [0.2, 0.25) is 0 Å². The minimum atomic E-state index is -0.619. The quantitative estimate of drug-likeness (QED) is 0.599. The van der Waals surface area contributed by atoms with E-state index in [1.807, 2.05) is 37.3 Å². The van der Waals surface area contributed by atoms with Crippen LogP contribution in [0.4, 0.5) is 0 Å². The zero-order valence-corrected chi connectivity index (χ0v) is 17.8. The number of fused-ring (bicyclic) bond motifs is 1. The fourth-order valence-electron chi connectivity index (χ4n) is 3.02. The third-order valence-corrected chi connectivity index (χ3v) is 6.01. The van der Waals surface area contributed by atoms with Gasteiger partial charge in [0, 0.05) is 31.0 Å². The summed E-state index contributed by atoms with van der Waals surface area (Å²) in [5.41, 5.74) is 1.85. The Kier molecular flexibility index (Phi) is 6.01. The number of para-hydroxylation sites is 1. The van der Waals surface area contributed by atoms with Crippen LogP contribution in [-0.4, -0.2) is 29.8 Å². The second-order valence-corrected chi connectivity index (χ2v) is 8.81. The van der Waals surface area contributed by atoms with Gasteiger partial charge in [-0.1, -0.05) is 25.1 Å².